The van der Waals surface area contributed by atoms with Gasteiger partial charge in [0, 0.05) is 22.5 Å². The molecule has 0 spiro atoms. The van der Waals surface area contributed by atoms with Crippen LogP contribution in [0, 0.1) is 10.1 Å². The van der Waals surface area contributed by atoms with E-state index in [-0.39, 0.29) is 36.0 Å². The SMILES string of the molecule is CCCc1nc2ccc(Br)cc2c(=O)n1N=Cc1cc(OCC)c(OCc2ccc(Cl)c(Cl)c2)c([N+](=O)[O-])c1. The Balaban J connectivity index is 1.75. The number of hydrogen-bond acceptors (Lipinski definition) is 7. The van der Waals surface area contributed by atoms with Crippen LogP contribution in [-0.4, -0.2) is 27.4 Å². The van der Waals surface area contributed by atoms with Crippen molar-refractivity contribution in [3.63, 3.8) is 0 Å². The van der Waals surface area contributed by atoms with Crippen LogP contribution >= 0.6 is 39.1 Å². The fourth-order valence-electron chi connectivity index (χ4n) is 3.83. The van der Waals surface area contributed by atoms with Gasteiger partial charge < -0.3 is 9.47 Å². The molecule has 0 unspecified atom stereocenters. The first-order valence-electron chi connectivity index (χ1n) is 12.0. The molecule has 0 bridgehead atoms. The third-order valence-corrected chi connectivity index (χ3v) is 6.82. The molecule has 0 aliphatic heterocycles. The van der Waals surface area contributed by atoms with E-state index in [1.807, 2.05) is 13.0 Å². The molecule has 0 aliphatic carbocycles. The fraction of sp³-hybridized carbons (Fsp3) is 0.222. The van der Waals surface area contributed by atoms with Gasteiger partial charge in [0.15, 0.2) is 5.75 Å². The number of nitrogens with zero attached hydrogens (tertiary/aromatic N) is 4. The molecule has 0 atom stereocenters. The van der Waals surface area contributed by atoms with Gasteiger partial charge in [-0.2, -0.15) is 9.78 Å². The van der Waals surface area contributed by atoms with Gasteiger partial charge in [-0.1, -0.05) is 52.1 Å². The molecule has 4 rings (SSSR count). The lowest BCUT2D eigenvalue weighted by Crippen LogP contribution is -2.22. The van der Waals surface area contributed by atoms with Gasteiger partial charge >= 0.3 is 5.69 Å². The highest BCUT2D eigenvalue weighted by molar-refractivity contribution is 9.10. The quantitative estimate of drug-likeness (QED) is 0.104. The average molecular weight is 634 g/mol. The zero-order chi connectivity index (χ0) is 28.1. The van der Waals surface area contributed by atoms with E-state index in [9.17, 15) is 14.9 Å². The second-order valence-corrected chi connectivity index (χ2v) is 10.1. The molecule has 1 heterocycles. The zero-order valence-electron chi connectivity index (χ0n) is 21.0. The Morgan fingerprint density at radius 2 is 1.90 bits per heavy atom. The van der Waals surface area contributed by atoms with Crippen LogP contribution in [0.4, 0.5) is 5.69 Å². The number of rotatable bonds is 10. The van der Waals surface area contributed by atoms with Crippen LogP contribution in [0.3, 0.4) is 0 Å². The summed E-state index contributed by atoms with van der Waals surface area (Å²) in [4.78, 5) is 29.3. The highest BCUT2D eigenvalue weighted by Gasteiger charge is 2.23. The van der Waals surface area contributed by atoms with Crippen molar-refractivity contribution >= 4 is 61.9 Å². The number of ether oxygens (including phenoxy) is 2. The van der Waals surface area contributed by atoms with Crippen molar-refractivity contribution in [1.82, 2.24) is 9.66 Å². The molecule has 0 radical (unpaired) electrons. The molecule has 12 heteroatoms. The van der Waals surface area contributed by atoms with Gasteiger partial charge in [-0.25, -0.2) is 4.98 Å². The number of aryl methyl sites for hydroxylation is 1. The molecule has 4 aromatic rings. The van der Waals surface area contributed by atoms with Crippen LogP contribution in [0.5, 0.6) is 11.5 Å². The largest absolute Gasteiger partial charge is 0.490 e. The molecule has 202 valence electrons. The van der Waals surface area contributed by atoms with E-state index >= 15 is 0 Å². The van der Waals surface area contributed by atoms with Crippen LogP contribution in [0.15, 0.2) is 62.9 Å². The van der Waals surface area contributed by atoms with Gasteiger partial charge in [0.1, 0.15) is 12.4 Å². The summed E-state index contributed by atoms with van der Waals surface area (Å²) in [6.45, 7) is 3.97. The normalized spacial score (nSPS) is 11.3. The number of hydrogen-bond donors (Lipinski definition) is 0. The predicted molar refractivity (Wildman–Crippen MR) is 156 cm³/mol. The minimum atomic E-state index is -0.562. The van der Waals surface area contributed by atoms with Gasteiger partial charge in [0.05, 0.1) is 38.7 Å². The predicted octanol–water partition coefficient (Wildman–Crippen LogP) is 7.19. The molecule has 0 aliphatic rings. The monoisotopic (exact) mass is 632 g/mol. The first kappa shape index (κ1) is 28.5. The molecule has 0 saturated heterocycles. The van der Waals surface area contributed by atoms with Crippen molar-refractivity contribution in [3.8, 4) is 11.5 Å². The first-order chi connectivity index (χ1) is 18.7. The van der Waals surface area contributed by atoms with E-state index < -0.39 is 4.92 Å². The maximum atomic E-state index is 13.3. The van der Waals surface area contributed by atoms with Crippen LogP contribution in [0.2, 0.25) is 10.0 Å². The molecular weight excluding hydrogens is 611 g/mol. The highest BCUT2D eigenvalue weighted by atomic mass is 79.9. The Kier molecular flexibility index (Phi) is 9.21. The minimum Gasteiger partial charge on any atom is -0.490 e. The van der Waals surface area contributed by atoms with Gasteiger partial charge in [-0.05, 0) is 55.3 Å². The summed E-state index contributed by atoms with van der Waals surface area (Å²) in [6.07, 6.45) is 2.63. The summed E-state index contributed by atoms with van der Waals surface area (Å²) in [5.74, 6) is 0.607. The molecule has 0 N–H and O–H groups in total. The third kappa shape index (κ3) is 6.58. The lowest BCUT2D eigenvalue weighted by molar-refractivity contribution is -0.386. The zero-order valence-corrected chi connectivity index (χ0v) is 24.1. The molecule has 0 amide bonds. The van der Waals surface area contributed by atoms with E-state index in [1.54, 1.807) is 43.3 Å². The molecule has 39 heavy (non-hydrogen) atoms. The molecule has 9 nitrogen and oxygen atoms in total. The van der Waals surface area contributed by atoms with E-state index in [4.69, 9.17) is 32.7 Å². The van der Waals surface area contributed by atoms with Gasteiger partial charge in [0.2, 0.25) is 5.75 Å². The summed E-state index contributed by atoms with van der Waals surface area (Å²) >= 11 is 15.4. The number of benzene rings is 3. The van der Waals surface area contributed by atoms with E-state index in [0.717, 1.165) is 10.9 Å². The maximum Gasteiger partial charge on any atom is 0.315 e. The van der Waals surface area contributed by atoms with Crippen LogP contribution < -0.4 is 15.0 Å². The summed E-state index contributed by atoms with van der Waals surface area (Å²) in [5, 5.41) is 17.5. The van der Waals surface area contributed by atoms with Gasteiger partial charge in [-0.15, -0.1) is 0 Å². The Morgan fingerprint density at radius 1 is 1.10 bits per heavy atom. The van der Waals surface area contributed by atoms with Crippen LogP contribution in [0.25, 0.3) is 10.9 Å². The summed E-state index contributed by atoms with van der Waals surface area (Å²) < 4.78 is 13.5. The Labute approximate surface area is 242 Å². The van der Waals surface area contributed by atoms with Crippen molar-refractivity contribution in [2.75, 3.05) is 6.61 Å². The van der Waals surface area contributed by atoms with Crippen LogP contribution in [-0.2, 0) is 13.0 Å². The smallest absolute Gasteiger partial charge is 0.315 e. The van der Waals surface area contributed by atoms with Crippen LogP contribution in [0.1, 0.15) is 37.2 Å². The second-order valence-electron chi connectivity index (χ2n) is 8.40. The summed E-state index contributed by atoms with van der Waals surface area (Å²) in [7, 11) is 0. The number of nitro benzene ring substituents is 1. The number of aromatic nitrogens is 2. The lowest BCUT2D eigenvalue weighted by atomic mass is 10.1. The Bertz CT molecular complexity index is 1640. The van der Waals surface area contributed by atoms with Crippen molar-refractivity contribution in [2.45, 2.75) is 33.3 Å². The fourth-order valence-corrected chi connectivity index (χ4v) is 4.52. The molecule has 3 aromatic carbocycles. The molecule has 0 saturated carbocycles. The minimum absolute atomic E-state index is 0.000665. The number of fused-ring (bicyclic) bond motifs is 1. The highest BCUT2D eigenvalue weighted by Crippen LogP contribution is 2.39. The molecular formula is C27H23BrCl2N4O5. The number of halogens is 3. The van der Waals surface area contributed by atoms with Crippen molar-refractivity contribution < 1.29 is 14.4 Å². The maximum absolute atomic E-state index is 13.3. The average Bonchev–Trinajstić information content (AvgIpc) is 2.90. The first-order valence-corrected chi connectivity index (χ1v) is 13.5. The van der Waals surface area contributed by atoms with E-state index in [0.29, 0.717) is 44.3 Å². The lowest BCUT2D eigenvalue weighted by Gasteiger charge is -2.13. The number of nitro groups is 1. The van der Waals surface area contributed by atoms with Gasteiger partial charge in [-0.3, -0.25) is 14.9 Å². The van der Waals surface area contributed by atoms with Crippen molar-refractivity contribution in [2.24, 2.45) is 5.10 Å². The van der Waals surface area contributed by atoms with Gasteiger partial charge in [0.25, 0.3) is 5.56 Å². The Morgan fingerprint density at radius 3 is 2.59 bits per heavy atom. The third-order valence-electron chi connectivity index (χ3n) is 5.59. The van der Waals surface area contributed by atoms with Crippen molar-refractivity contribution in [1.29, 1.82) is 0 Å². The van der Waals surface area contributed by atoms with E-state index in [2.05, 4.69) is 26.0 Å². The second kappa shape index (κ2) is 12.6. The van der Waals surface area contributed by atoms with E-state index in [1.165, 1.54) is 17.0 Å². The Hall–Kier alpha value is -3.47. The molecule has 0 fully saturated rings. The van der Waals surface area contributed by atoms with Crippen molar-refractivity contribution in [3.05, 3.63) is 100 Å². The molecule has 1 aromatic heterocycles. The summed E-state index contributed by atoms with van der Waals surface area (Å²) in [6, 6.07) is 13.1. The summed E-state index contributed by atoms with van der Waals surface area (Å²) in [5.41, 5.74) is 0.919. The topological polar surface area (TPSA) is 109 Å². The standard InChI is InChI=1S/C27H23BrCl2N4O5/c1-3-5-25-32-22-9-7-18(28)13-19(22)27(35)33(25)31-14-17-11-23(34(36)37)26(24(12-17)38-4-2)39-15-16-6-8-20(29)21(30)10-16/h6-14H,3-5,15H2,1-2H3.